The van der Waals surface area contributed by atoms with Gasteiger partial charge in [-0.25, -0.2) is 13.6 Å². The maximum Gasteiger partial charge on any atom is 0.330 e. The van der Waals surface area contributed by atoms with Crippen LogP contribution in [-0.2, 0) is 19.7 Å². The molecule has 0 saturated heterocycles. The van der Waals surface area contributed by atoms with E-state index in [1.54, 1.807) is 0 Å². The highest BCUT2D eigenvalue weighted by Gasteiger charge is 2.55. The summed E-state index contributed by atoms with van der Waals surface area (Å²) in [5.74, 6) is -2.77. The van der Waals surface area contributed by atoms with Crippen molar-refractivity contribution in [2.24, 2.45) is 5.92 Å². The maximum absolute atomic E-state index is 13.3. The zero-order valence-electron chi connectivity index (χ0n) is 12.4. The van der Waals surface area contributed by atoms with Gasteiger partial charge >= 0.3 is 5.97 Å². The quantitative estimate of drug-likeness (QED) is 0.669. The monoisotopic (exact) mass is 309 g/mol. The first-order chi connectivity index (χ1) is 10.4. The zero-order chi connectivity index (χ0) is 16.3. The Kier molecular flexibility index (Phi) is 4.59. The van der Waals surface area contributed by atoms with E-state index in [4.69, 9.17) is 0 Å². The molecule has 0 aliphatic heterocycles. The molecule has 1 N–H and O–H groups in total. The van der Waals surface area contributed by atoms with E-state index >= 15 is 0 Å². The Morgan fingerprint density at radius 3 is 2.77 bits per heavy atom. The van der Waals surface area contributed by atoms with E-state index in [2.05, 4.69) is 10.1 Å². The highest BCUT2D eigenvalue weighted by Crippen LogP contribution is 2.54. The summed E-state index contributed by atoms with van der Waals surface area (Å²) < 4.78 is 30.7. The first-order valence-electron chi connectivity index (χ1n) is 6.86. The van der Waals surface area contributed by atoms with Gasteiger partial charge in [-0.15, -0.1) is 0 Å². The van der Waals surface area contributed by atoms with Crippen LogP contribution in [-0.4, -0.2) is 25.5 Å². The first-order valence-corrected chi connectivity index (χ1v) is 6.86. The standard InChI is InChI=1S/C16H17F2NO3/c1-16(10-5-6-12(17)13(18)8-10)9-11(16)15(21)19-7-3-4-14(20)22-2/h3-6,8,11H,7,9H2,1-2H3,(H,19,21)/b4-3+. The van der Waals surface area contributed by atoms with Gasteiger partial charge in [-0.3, -0.25) is 4.79 Å². The number of hydrogen-bond donors (Lipinski definition) is 1. The number of carbonyl (C=O) groups excluding carboxylic acids is 2. The van der Waals surface area contributed by atoms with Crippen molar-refractivity contribution < 1.29 is 23.1 Å². The largest absolute Gasteiger partial charge is 0.466 e. The van der Waals surface area contributed by atoms with Crippen LogP contribution in [0.1, 0.15) is 18.9 Å². The minimum Gasteiger partial charge on any atom is -0.466 e. The molecule has 0 spiro atoms. The van der Waals surface area contributed by atoms with Crippen molar-refractivity contribution in [2.45, 2.75) is 18.8 Å². The molecule has 0 heterocycles. The molecule has 4 nitrogen and oxygen atoms in total. The van der Waals surface area contributed by atoms with Crippen LogP contribution in [0.15, 0.2) is 30.4 Å². The van der Waals surface area contributed by atoms with E-state index in [1.165, 1.54) is 25.3 Å². The molecule has 0 radical (unpaired) electrons. The summed E-state index contributed by atoms with van der Waals surface area (Å²) in [6.45, 7) is 2.05. The lowest BCUT2D eigenvalue weighted by Gasteiger charge is -2.12. The summed E-state index contributed by atoms with van der Waals surface area (Å²) in [6.07, 6.45) is 3.29. The molecular weight excluding hydrogens is 292 g/mol. The van der Waals surface area contributed by atoms with Crippen LogP contribution in [0, 0.1) is 17.6 Å². The highest BCUT2D eigenvalue weighted by molar-refractivity contribution is 5.85. The minimum absolute atomic E-state index is 0.179. The lowest BCUT2D eigenvalue weighted by Crippen LogP contribution is -2.28. The third kappa shape index (κ3) is 3.32. The van der Waals surface area contributed by atoms with Crippen molar-refractivity contribution in [3.05, 3.63) is 47.5 Å². The minimum atomic E-state index is -0.911. The van der Waals surface area contributed by atoms with Crippen LogP contribution < -0.4 is 5.32 Å². The molecule has 2 unspecified atom stereocenters. The summed E-state index contributed by atoms with van der Waals surface area (Å²) in [7, 11) is 1.27. The van der Waals surface area contributed by atoms with Gasteiger partial charge in [-0.1, -0.05) is 19.1 Å². The Balaban J connectivity index is 1.92. The lowest BCUT2D eigenvalue weighted by molar-refractivity contribution is -0.134. The van der Waals surface area contributed by atoms with Gasteiger partial charge in [0, 0.05) is 24.0 Å². The van der Waals surface area contributed by atoms with Gasteiger partial charge in [-0.2, -0.15) is 0 Å². The maximum atomic E-state index is 13.3. The van der Waals surface area contributed by atoms with Crippen LogP contribution in [0.4, 0.5) is 8.78 Å². The molecule has 118 valence electrons. The summed E-state index contributed by atoms with van der Waals surface area (Å²) >= 11 is 0. The number of esters is 1. The first kappa shape index (κ1) is 16.1. The third-order valence-electron chi connectivity index (χ3n) is 3.98. The fourth-order valence-corrected chi connectivity index (χ4v) is 2.42. The van der Waals surface area contributed by atoms with Gasteiger partial charge in [0.15, 0.2) is 11.6 Å². The number of benzene rings is 1. The predicted octanol–water partition coefficient (Wildman–Crippen LogP) is 2.09. The van der Waals surface area contributed by atoms with Crippen LogP contribution in [0.25, 0.3) is 0 Å². The van der Waals surface area contributed by atoms with Crippen LogP contribution >= 0.6 is 0 Å². The van der Waals surface area contributed by atoms with Gasteiger partial charge < -0.3 is 10.1 Å². The van der Waals surface area contributed by atoms with Gasteiger partial charge in [0.1, 0.15) is 0 Å². The molecule has 1 aliphatic carbocycles. The topological polar surface area (TPSA) is 55.4 Å². The van der Waals surface area contributed by atoms with Crippen molar-refractivity contribution in [2.75, 3.05) is 13.7 Å². The van der Waals surface area contributed by atoms with Gasteiger partial charge in [-0.05, 0) is 24.1 Å². The molecule has 2 atom stereocenters. The number of halogens is 2. The average molecular weight is 309 g/mol. The van der Waals surface area contributed by atoms with E-state index in [0.717, 1.165) is 12.1 Å². The van der Waals surface area contributed by atoms with Gasteiger partial charge in [0.05, 0.1) is 7.11 Å². The third-order valence-corrected chi connectivity index (χ3v) is 3.98. The van der Waals surface area contributed by atoms with E-state index < -0.39 is 23.0 Å². The van der Waals surface area contributed by atoms with Crippen LogP contribution in [0.5, 0.6) is 0 Å². The smallest absolute Gasteiger partial charge is 0.330 e. The molecule has 6 heteroatoms. The van der Waals surface area contributed by atoms with Gasteiger partial charge in [0.25, 0.3) is 0 Å². The normalized spacial score (nSPS) is 23.4. The number of hydrogen-bond acceptors (Lipinski definition) is 3. The summed E-state index contributed by atoms with van der Waals surface area (Å²) in [4.78, 5) is 22.9. The zero-order valence-corrected chi connectivity index (χ0v) is 12.4. The number of rotatable bonds is 5. The Morgan fingerprint density at radius 2 is 2.14 bits per heavy atom. The molecule has 1 aromatic carbocycles. The Bertz CT molecular complexity index is 630. The second-order valence-corrected chi connectivity index (χ2v) is 5.47. The molecule has 1 saturated carbocycles. The number of carbonyl (C=O) groups is 2. The molecule has 1 amide bonds. The summed E-state index contributed by atoms with van der Waals surface area (Å²) in [6, 6.07) is 3.71. The summed E-state index contributed by atoms with van der Waals surface area (Å²) in [5.41, 5.74) is 0.127. The predicted molar refractivity (Wildman–Crippen MR) is 76.0 cm³/mol. The fraction of sp³-hybridized carbons (Fsp3) is 0.375. The van der Waals surface area contributed by atoms with E-state index in [1.807, 2.05) is 6.92 Å². The molecule has 0 bridgehead atoms. The van der Waals surface area contributed by atoms with Crippen molar-refractivity contribution in [3.63, 3.8) is 0 Å². The Morgan fingerprint density at radius 1 is 1.41 bits per heavy atom. The molecule has 0 aromatic heterocycles. The van der Waals surface area contributed by atoms with Crippen molar-refractivity contribution in [1.29, 1.82) is 0 Å². The average Bonchev–Trinajstić information content (AvgIpc) is 3.19. The van der Waals surface area contributed by atoms with Gasteiger partial charge in [0.2, 0.25) is 5.91 Å². The molecule has 22 heavy (non-hydrogen) atoms. The lowest BCUT2D eigenvalue weighted by atomic mass is 9.95. The van der Waals surface area contributed by atoms with E-state index in [-0.39, 0.29) is 18.4 Å². The number of nitrogens with one attached hydrogen (secondary N) is 1. The molecular formula is C16H17F2NO3. The van der Waals surface area contributed by atoms with E-state index in [0.29, 0.717) is 12.0 Å². The number of ether oxygens (including phenoxy) is 1. The molecule has 2 rings (SSSR count). The fourth-order valence-electron chi connectivity index (χ4n) is 2.42. The van der Waals surface area contributed by atoms with Crippen molar-refractivity contribution in [3.8, 4) is 0 Å². The van der Waals surface area contributed by atoms with Crippen LogP contribution in [0.2, 0.25) is 0 Å². The van der Waals surface area contributed by atoms with Crippen molar-refractivity contribution >= 4 is 11.9 Å². The molecule has 1 fully saturated rings. The molecule has 1 aromatic rings. The SMILES string of the molecule is COC(=O)/C=C/CNC(=O)C1CC1(C)c1ccc(F)c(F)c1. The second kappa shape index (κ2) is 6.25. The number of methoxy groups -OCH3 is 1. The number of amides is 1. The summed E-state index contributed by atoms with van der Waals surface area (Å²) in [5, 5.41) is 2.67. The second-order valence-electron chi connectivity index (χ2n) is 5.47. The Labute approximate surface area is 127 Å². The van der Waals surface area contributed by atoms with E-state index in [9.17, 15) is 18.4 Å². The Hall–Kier alpha value is -2.24. The van der Waals surface area contributed by atoms with Crippen LogP contribution in [0.3, 0.4) is 0 Å². The highest BCUT2D eigenvalue weighted by atomic mass is 19.2. The van der Waals surface area contributed by atoms with Crippen molar-refractivity contribution in [1.82, 2.24) is 5.32 Å². The molecule has 1 aliphatic rings.